The van der Waals surface area contributed by atoms with Gasteiger partial charge in [0.25, 0.3) is 5.91 Å². The average Bonchev–Trinajstić information content (AvgIpc) is 3.19. The molecule has 0 spiro atoms. The van der Waals surface area contributed by atoms with E-state index in [9.17, 15) is 14.0 Å². The summed E-state index contributed by atoms with van der Waals surface area (Å²) in [5.74, 6) is -1.15. The summed E-state index contributed by atoms with van der Waals surface area (Å²) in [6.07, 6.45) is 3.17. The second kappa shape index (κ2) is 5.57. The Balaban J connectivity index is 1.71. The molecule has 2 rings (SSSR count). The van der Waals surface area contributed by atoms with Crippen LogP contribution >= 0.6 is 0 Å². The van der Waals surface area contributed by atoms with Crippen LogP contribution in [0.5, 0.6) is 0 Å². The fraction of sp³-hybridized carbons (Fsp3) is 0.417. The van der Waals surface area contributed by atoms with Crippen LogP contribution in [0.15, 0.2) is 18.3 Å². The van der Waals surface area contributed by atoms with E-state index in [2.05, 4.69) is 15.6 Å². The Bertz CT molecular complexity index is 460. The van der Waals surface area contributed by atoms with Crippen molar-refractivity contribution in [2.24, 2.45) is 5.92 Å². The fourth-order valence-electron chi connectivity index (χ4n) is 1.50. The van der Waals surface area contributed by atoms with Gasteiger partial charge in [0.1, 0.15) is 0 Å². The summed E-state index contributed by atoms with van der Waals surface area (Å²) in [6.45, 7) is 0.620. The Morgan fingerprint density at radius 3 is 2.72 bits per heavy atom. The van der Waals surface area contributed by atoms with Crippen LogP contribution in [-0.2, 0) is 4.79 Å². The number of hydrogen-bond donors (Lipinski definition) is 2. The van der Waals surface area contributed by atoms with Crippen LogP contribution in [0.4, 0.5) is 4.39 Å². The molecule has 0 radical (unpaired) electrons. The number of carbonyl (C=O) groups is 2. The smallest absolute Gasteiger partial charge is 0.255 e. The number of carbonyl (C=O) groups excluding carboxylic acids is 2. The highest BCUT2D eigenvalue weighted by Crippen LogP contribution is 2.28. The van der Waals surface area contributed by atoms with Gasteiger partial charge in [0.2, 0.25) is 11.9 Å². The number of hydrogen-bond acceptors (Lipinski definition) is 3. The second-order valence-corrected chi connectivity index (χ2v) is 4.16. The lowest BCUT2D eigenvalue weighted by Crippen LogP contribution is -2.35. The van der Waals surface area contributed by atoms with Crippen molar-refractivity contribution in [2.75, 3.05) is 13.1 Å². The molecule has 0 bridgehead atoms. The third-order valence-electron chi connectivity index (χ3n) is 2.66. The zero-order valence-corrected chi connectivity index (χ0v) is 9.78. The minimum absolute atomic E-state index is 0.0248. The molecule has 1 aromatic heterocycles. The highest BCUT2D eigenvalue weighted by atomic mass is 19.1. The SMILES string of the molecule is O=C(NCCNC(=O)C1CC1)c1cccnc1F. The maximum absolute atomic E-state index is 13.1. The average molecular weight is 251 g/mol. The van der Waals surface area contributed by atoms with Crippen molar-refractivity contribution in [1.29, 1.82) is 0 Å². The van der Waals surface area contributed by atoms with E-state index < -0.39 is 11.9 Å². The van der Waals surface area contributed by atoms with Crippen molar-refractivity contribution in [3.05, 3.63) is 29.8 Å². The molecule has 0 aromatic carbocycles. The standard InChI is InChI=1S/C12H14FN3O2/c13-10-9(2-1-5-14-10)12(18)16-7-6-15-11(17)8-3-4-8/h1-2,5,8H,3-4,6-7H2,(H,15,17)(H,16,18). The van der Waals surface area contributed by atoms with E-state index in [1.54, 1.807) is 0 Å². The van der Waals surface area contributed by atoms with E-state index in [1.165, 1.54) is 18.3 Å². The quantitative estimate of drug-likeness (QED) is 0.590. The summed E-state index contributed by atoms with van der Waals surface area (Å²) in [6, 6.07) is 2.85. The molecule has 0 unspecified atom stereocenters. The largest absolute Gasteiger partial charge is 0.354 e. The first-order valence-electron chi connectivity index (χ1n) is 5.85. The summed E-state index contributed by atoms with van der Waals surface area (Å²) in [7, 11) is 0. The molecule has 0 atom stereocenters. The predicted octanol–water partition coefficient (Wildman–Crippen LogP) is 0.477. The Morgan fingerprint density at radius 1 is 1.33 bits per heavy atom. The highest BCUT2D eigenvalue weighted by Gasteiger charge is 2.28. The molecular weight excluding hydrogens is 237 g/mol. The predicted molar refractivity (Wildman–Crippen MR) is 62.3 cm³/mol. The Kier molecular flexibility index (Phi) is 3.86. The van der Waals surface area contributed by atoms with Gasteiger partial charge in [0.05, 0.1) is 5.56 Å². The van der Waals surface area contributed by atoms with E-state index in [0.717, 1.165) is 12.8 Å². The number of nitrogens with one attached hydrogen (secondary N) is 2. The first-order chi connectivity index (χ1) is 8.68. The summed E-state index contributed by atoms with van der Waals surface area (Å²) in [5.41, 5.74) is -0.0916. The van der Waals surface area contributed by atoms with Gasteiger partial charge in [-0.3, -0.25) is 9.59 Å². The molecule has 0 saturated heterocycles. The van der Waals surface area contributed by atoms with E-state index in [1.807, 2.05) is 0 Å². The van der Waals surface area contributed by atoms with Gasteiger partial charge in [0, 0.05) is 25.2 Å². The minimum atomic E-state index is -0.794. The first kappa shape index (κ1) is 12.5. The van der Waals surface area contributed by atoms with Crippen LogP contribution < -0.4 is 10.6 Å². The minimum Gasteiger partial charge on any atom is -0.354 e. The van der Waals surface area contributed by atoms with Crippen molar-refractivity contribution in [2.45, 2.75) is 12.8 Å². The van der Waals surface area contributed by atoms with Crippen LogP contribution in [0.3, 0.4) is 0 Å². The lowest BCUT2D eigenvalue weighted by atomic mass is 10.2. The van der Waals surface area contributed by atoms with Crippen LogP contribution in [0, 0.1) is 11.9 Å². The molecule has 5 nitrogen and oxygen atoms in total. The lowest BCUT2D eigenvalue weighted by molar-refractivity contribution is -0.122. The molecule has 0 aliphatic heterocycles. The van der Waals surface area contributed by atoms with Gasteiger partial charge >= 0.3 is 0 Å². The third-order valence-corrected chi connectivity index (χ3v) is 2.66. The number of aromatic nitrogens is 1. The number of halogens is 1. The van der Waals surface area contributed by atoms with Gasteiger partial charge < -0.3 is 10.6 Å². The molecule has 1 aromatic rings. The summed E-state index contributed by atoms with van der Waals surface area (Å²) < 4.78 is 13.1. The van der Waals surface area contributed by atoms with E-state index >= 15 is 0 Å². The zero-order valence-electron chi connectivity index (χ0n) is 9.78. The van der Waals surface area contributed by atoms with Gasteiger partial charge in [-0.2, -0.15) is 4.39 Å². The maximum atomic E-state index is 13.1. The number of pyridine rings is 1. The van der Waals surface area contributed by atoms with E-state index in [-0.39, 0.29) is 23.9 Å². The lowest BCUT2D eigenvalue weighted by Gasteiger charge is -2.06. The number of rotatable bonds is 5. The molecule has 1 saturated carbocycles. The molecule has 6 heteroatoms. The molecule has 2 N–H and O–H groups in total. The van der Waals surface area contributed by atoms with Crippen molar-refractivity contribution in [3.8, 4) is 0 Å². The Morgan fingerprint density at radius 2 is 2.06 bits per heavy atom. The molecule has 1 fully saturated rings. The van der Waals surface area contributed by atoms with Gasteiger partial charge in [-0.05, 0) is 25.0 Å². The van der Waals surface area contributed by atoms with Gasteiger partial charge in [-0.1, -0.05) is 0 Å². The topological polar surface area (TPSA) is 71.1 Å². The molecular formula is C12H14FN3O2. The third kappa shape index (κ3) is 3.26. The van der Waals surface area contributed by atoms with Crippen molar-refractivity contribution >= 4 is 11.8 Å². The number of amides is 2. The van der Waals surface area contributed by atoms with Gasteiger partial charge in [0.15, 0.2) is 0 Å². The van der Waals surface area contributed by atoms with Crippen LogP contribution in [-0.4, -0.2) is 29.9 Å². The Labute approximate surface area is 104 Å². The monoisotopic (exact) mass is 251 g/mol. The Hall–Kier alpha value is -1.98. The van der Waals surface area contributed by atoms with Crippen molar-refractivity contribution in [3.63, 3.8) is 0 Å². The van der Waals surface area contributed by atoms with Crippen LogP contribution in [0.1, 0.15) is 23.2 Å². The molecule has 2 amide bonds. The van der Waals surface area contributed by atoms with Crippen molar-refractivity contribution < 1.29 is 14.0 Å². The van der Waals surface area contributed by atoms with Gasteiger partial charge in [-0.25, -0.2) is 4.98 Å². The zero-order chi connectivity index (χ0) is 13.0. The van der Waals surface area contributed by atoms with E-state index in [0.29, 0.717) is 6.54 Å². The molecule has 18 heavy (non-hydrogen) atoms. The maximum Gasteiger partial charge on any atom is 0.255 e. The van der Waals surface area contributed by atoms with Crippen LogP contribution in [0.25, 0.3) is 0 Å². The number of nitrogens with zero attached hydrogens (tertiary/aromatic N) is 1. The first-order valence-corrected chi connectivity index (χ1v) is 5.85. The molecule has 96 valence electrons. The molecule has 1 aliphatic carbocycles. The summed E-state index contributed by atoms with van der Waals surface area (Å²) in [5, 5.41) is 5.22. The highest BCUT2D eigenvalue weighted by molar-refractivity contribution is 5.94. The van der Waals surface area contributed by atoms with Gasteiger partial charge in [-0.15, -0.1) is 0 Å². The summed E-state index contributed by atoms with van der Waals surface area (Å²) >= 11 is 0. The normalized spacial score (nSPS) is 14.1. The second-order valence-electron chi connectivity index (χ2n) is 4.16. The van der Waals surface area contributed by atoms with Crippen LogP contribution in [0.2, 0.25) is 0 Å². The van der Waals surface area contributed by atoms with E-state index in [4.69, 9.17) is 0 Å². The fourth-order valence-corrected chi connectivity index (χ4v) is 1.50. The molecule has 1 heterocycles. The van der Waals surface area contributed by atoms with Crippen molar-refractivity contribution in [1.82, 2.24) is 15.6 Å². The summed E-state index contributed by atoms with van der Waals surface area (Å²) in [4.78, 5) is 26.2. The molecule has 1 aliphatic rings.